The minimum Gasteiger partial charge on any atom is -0.315 e. The number of rotatable bonds is 18. The predicted octanol–water partition coefficient (Wildman–Crippen LogP) is 19.7. The Morgan fingerprint density at radius 2 is 0.516 bits per heavy atom. The third-order valence-corrected chi connectivity index (χ3v) is 28.6. The Morgan fingerprint density at radius 1 is 0.281 bits per heavy atom. The van der Waals surface area contributed by atoms with E-state index in [1.807, 2.05) is 196 Å². The Morgan fingerprint density at radius 3 is 0.758 bits per heavy atom. The molecule has 8 aromatic rings. The molecular weight excluding hydrogens is 1600 g/mol. The van der Waals surface area contributed by atoms with Gasteiger partial charge in [0.2, 0.25) is 0 Å². The van der Waals surface area contributed by atoms with Crippen LogP contribution in [0.3, 0.4) is 0 Å². The van der Waals surface area contributed by atoms with E-state index < -0.39 is 60.5 Å². The van der Waals surface area contributed by atoms with Crippen molar-refractivity contribution in [1.29, 1.82) is 0 Å². The van der Waals surface area contributed by atoms with Crippen molar-refractivity contribution in [2.45, 2.75) is 276 Å². The summed E-state index contributed by atoms with van der Waals surface area (Å²) in [4.78, 5) is 103. The van der Waals surface area contributed by atoms with Gasteiger partial charge < -0.3 is 22.1 Å². The zero-order valence-corrected chi connectivity index (χ0v) is 75.7. The third-order valence-electron chi connectivity index (χ3n) is 28.6. The van der Waals surface area contributed by atoms with Gasteiger partial charge in [-0.1, -0.05) is 282 Å². The number of alkyl halides is 2. The molecule has 684 valence electrons. The van der Waals surface area contributed by atoms with E-state index in [4.69, 9.17) is 19.7 Å². The van der Waals surface area contributed by atoms with Gasteiger partial charge in [-0.15, -0.1) is 0 Å². The van der Waals surface area contributed by atoms with Crippen LogP contribution in [-0.4, -0.2) is 123 Å². The number of hydrogen-bond acceptors (Lipinski definition) is 16. The first-order valence-electron chi connectivity index (χ1n) is 50.4. The minimum absolute atomic E-state index is 0.0175. The number of Topliss-reactive ketones (excluding diaryl/α,β-unsaturated/α-hetero) is 8. The number of hydrogen-bond donors (Lipinski definition) is 6. The van der Waals surface area contributed by atoms with E-state index in [1.165, 1.54) is 36.8 Å². The average molecular weight is 1750 g/mol. The molecular formula is C110H142F2N8O8. The standard InChI is InChI=1S/2C15H19NO.2C14H18FNO.4C13H17NO/c2*17-14-9-4-5-10-15(14,16-11-6-12-16)13-7-2-1-3-8-13;2*15-10-11-16-14(9-5-4-8-13(14)17)12-6-2-1-3-7-12;2*1-10-6-2-3-7-11(10)13(14)9-5-4-8-12(13)15;2*1-14-13(10-6-5-9-12(13)15)11-7-3-2-4-8-11/h2*1-3,7-8H,4-6,9-12H2;2*1-3,6-7,16H,4-5,8-11H2;2*2-3,6-7H,4-5,8-9,14H2,1H3;2*2-4,7-8,14H,5-6,9-10H2,1H3/t2*15-;2*14-;4*13-/m10101010/s1/i;;;;;;2*1D3. The molecule has 2 aliphatic heterocycles. The number of nitrogens with two attached hydrogens (primary N) is 2. The van der Waals surface area contributed by atoms with Gasteiger partial charge in [0.15, 0.2) is 46.3 Å². The van der Waals surface area contributed by atoms with Crippen LogP contribution in [0, 0.1) is 13.8 Å². The maximum atomic E-state index is 12.5. The number of nitrogens with one attached hydrogen (secondary N) is 4. The number of carbonyl (C=O) groups excluding carboxylic acids is 8. The molecule has 0 radical (unpaired) electrons. The first kappa shape index (κ1) is 90.6. The van der Waals surface area contributed by atoms with Gasteiger partial charge in [-0.25, -0.2) is 8.78 Å². The van der Waals surface area contributed by atoms with Crippen LogP contribution in [0.1, 0.15) is 282 Å². The van der Waals surface area contributed by atoms with Gasteiger partial charge in [-0.05, 0) is 199 Å². The van der Waals surface area contributed by atoms with Crippen LogP contribution in [-0.2, 0) is 82.7 Å². The van der Waals surface area contributed by atoms with Gasteiger partial charge in [0.25, 0.3) is 0 Å². The van der Waals surface area contributed by atoms with Crippen molar-refractivity contribution in [3.63, 3.8) is 0 Å². The molecule has 8 aliphatic carbocycles. The second-order valence-electron chi connectivity index (χ2n) is 36.3. The number of ketones is 8. The first-order chi connectivity index (χ1) is 64.4. The normalized spacial score (nSPS) is 28.0. The Bertz CT molecular complexity index is 4800. The fraction of sp³-hybridized carbons (Fsp3) is 0.491. The number of nitrogens with zero attached hydrogens (tertiary/aromatic N) is 2. The van der Waals surface area contributed by atoms with Crippen molar-refractivity contribution < 1.29 is 55.4 Å². The van der Waals surface area contributed by atoms with E-state index >= 15 is 0 Å². The van der Waals surface area contributed by atoms with Crippen molar-refractivity contribution in [2.75, 3.05) is 66.6 Å². The molecule has 16 nitrogen and oxygen atoms in total. The number of carbonyl (C=O) groups is 8. The van der Waals surface area contributed by atoms with Crippen molar-refractivity contribution in [2.24, 2.45) is 11.5 Å². The summed E-state index contributed by atoms with van der Waals surface area (Å²) in [6.45, 7) is 3.33. The molecule has 0 bridgehead atoms. The van der Waals surface area contributed by atoms with Gasteiger partial charge in [0.1, 0.15) is 57.7 Å². The highest BCUT2D eigenvalue weighted by molar-refractivity contribution is 5.95. The van der Waals surface area contributed by atoms with Crippen molar-refractivity contribution >= 4 is 46.3 Å². The third kappa shape index (κ3) is 23.0. The quantitative estimate of drug-likeness (QED) is 0.0468. The summed E-state index contributed by atoms with van der Waals surface area (Å²) in [5, 5.41) is 11.4. The zero-order chi connectivity index (χ0) is 95.9. The van der Waals surface area contributed by atoms with E-state index in [9.17, 15) is 47.1 Å². The summed E-state index contributed by atoms with van der Waals surface area (Å²) in [6.07, 6.45) is 29.5. The van der Waals surface area contributed by atoms with Gasteiger partial charge in [0.05, 0.1) is 0 Å². The molecule has 2 saturated heterocycles. The molecule has 0 aromatic heterocycles. The van der Waals surface area contributed by atoms with Crippen LogP contribution in [0.2, 0.25) is 0 Å². The van der Waals surface area contributed by atoms with Crippen LogP contribution in [0.4, 0.5) is 8.78 Å². The van der Waals surface area contributed by atoms with E-state index in [1.54, 1.807) is 0 Å². The Hall–Kier alpha value is -9.34. The molecule has 18 rings (SSSR count). The molecule has 10 aliphatic rings. The average Bonchev–Trinajstić information content (AvgIpc) is 0.747. The second kappa shape index (κ2) is 48.0. The Kier molecular flexibility index (Phi) is 34.0. The fourth-order valence-corrected chi connectivity index (χ4v) is 21.0. The SMILES string of the molecule is Cc1ccccc1[C@@]1(N)CCCCC1=O.Cc1ccccc1[C@]1(N)CCCCC1=O.O=C1CCCC[C@@]1(NCCF)c1ccccc1.O=C1CCCC[C@@]1(c1ccccc1)N1CCC1.O=C1CCCC[C@]1(NCCF)c1ccccc1.O=C1CCCC[C@]1(c1ccccc1)N1CCC1.[2H]C([2H])([2H])N[C@@]1(c2ccccc2)CCCCC1=O.[2H]C([2H])([2H])N[C@]1(c2ccccc2)CCCCC1=O. The fourth-order valence-electron chi connectivity index (χ4n) is 21.0. The maximum Gasteiger partial charge on any atom is 0.157 e. The lowest BCUT2D eigenvalue weighted by Crippen LogP contribution is -2.58. The molecule has 10 fully saturated rings. The zero-order valence-electron chi connectivity index (χ0n) is 81.7. The largest absolute Gasteiger partial charge is 0.315 e. The number of likely N-dealkylation sites (tertiary alicyclic amines) is 2. The van der Waals surface area contributed by atoms with Gasteiger partial charge in [-0.2, -0.15) is 0 Å². The smallest absolute Gasteiger partial charge is 0.157 e. The topological polar surface area (TPSA) is 243 Å². The van der Waals surface area contributed by atoms with Gasteiger partial charge in [0, 0.05) is 98.9 Å². The number of aryl methyl sites for hydroxylation is 2. The van der Waals surface area contributed by atoms with Gasteiger partial charge in [-0.3, -0.25) is 58.8 Å². The van der Waals surface area contributed by atoms with E-state index in [0.29, 0.717) is 62.9 Å². The molecule has 8 N–H and O–H groups in total. The van der Waals surface area contributed by atoms with Crippen LogP contribution in [0.5, 0.6) is 0 Å². The number of benzene rings is 8. The highest BCUT2D eigenvalue weighted by Crippen LogP contribution is 2.46. The van der Waals surface area contributed by atoms with Crippen LogP contribution in [0.15, 0.2) is 231 Å². The molecule has 0 unspecified atom stereocenters. The molecule has 128 heavy (non-hydrogen) atoms. The van der Waals surface area contributed by atoms with E-state index in [0.717, 1.165) is 212 Å². The highest BCUT2D eigenvalue weighted by Gasteiger charge is 2.51. The van der Waals surface area contributed by atoms with Gasteiger partial charge >= 0.3 is 0 Å². The highest BCUT2D eigenvalue weighted by atomic mass is 19.1. The molecule has 2 heterocycles. The van der Waals surface area contributed by atoms with E-state index in [2.05, 4.69) is 79.6 Å². The van der Waals surface area contributed by atoms with E-state index in [-0.39, 0.29) is 58.9 Å². The van der Waals surface area contributed by atoms with Crippen molar-refractivity contribution in [3.8, 4) is 0 Å². The Labute approximate surface area is 769 Å². The lowest BCUT2D eigenvalue weighted by molar-refractivity contribution is -0.139. The number of halogens is 2. The predicted molar refractivity (Wildman–Crippen MR) is 509 cm³/mol. The molecule has 18 heteroatoms. The summed E-state index contributed by atoms with van der Waals surface area (Å²) in [6, 6.07) is 74.4. The van der Waals surface area contributed by atoms with Crippen LogP contribution in [0.25, 0.3) is 0 Å². The molecule has 0 amide bonds. The summed E-state index contributed by atoms with van der Waals surface area (Å²) < 4.78 is 69.2. The summed E-state index contributed by atoms with van der Waals surface area (Å²) in [7, 11) is 0. The Balaban J connectivity index is 0.000000147. The molecule has 8 aromatic carbocycles. The lowest BCUT2D eigenvalue weighted by Gasteiger charge is -2.50. The molecule has 8 atom stereocenters. The molecule has 8 saturated carbocycles. The summed E-state index contributed by atoms with van der Waals surface area (Å²) in [5.41, 5.74) is 17.3. The number of likely N-dealkylation sites (N-methyl/N-ethyl adjacent to an activating group) is 2. The first-order valence-corrected chi connectivity index (χ1v) is 47.4. The van der Waals surface area contributed by atoms with Crippen molar-refractivity contribution in [1.82, 2.24) is 31.1 Å². The summed E-state index contributed by atoms with van der Waals surface area (Å²) in [5.74, 6) is 1.63. The van der Waals surface area contributed by atoms with Crippen LogP contribution >= 0.6 is 0 Å². The monoisotopic (exact) mass is 1750 g/mol. The molecule has 0 spiro atoms. The maximum absolute atomic E-state index is 12.5. The second-order valence-corrected chi connectivity index (χ2v) is 36.3. The van der Waals surface area contributed by atoms with Crippen molar-refractivity contribution in [3.05, 3.63) is 286 Å². The lowest BCUT2D eigenvalue weighted by atomic mass is 9.73. The summed E-state index contributed by atoms with van der Waals surface area (Å²) >= 11 is 0. The minimum atomic E-state index is -2.32. The van der Waals surface area contributed by atoms with Crippen LogP contribution < -0.4 is 32.7 Å².